The molecule has 0 fully saturated rings. The topological polar surface area (TPSA) is 61.5 Å². The summed E-state index contributed by atoms with van der Waals surface area (Å²) < 4.78 is 9.37. The second-order valence-electron chi connectivity index (χ2n) is 3.71. The lowest BCUT2D eigenvalue weighted by Crippen LogP contribution is -2.05. The number of rotatable bonds is 3. The van der Waals surface area contributed by atoms with Gasteiger partial charge in [0.05, 0.1) is 24.3 Å². The van der Waals surface area contributed by atoms with Crippen molar-refractivity contribution in [3.63, 3.8) is 0 Å². The summed E-state index contributed by atoms with van der Waals surface area (Å²) in [7, 11) is 2.64. The van der Waals surface area contributed by atoms with Crippen molar-refractivity contribution in [1.82, 2.24) is 0 Å². The Hall–Kier alpha value is -2.09. The molecule has 0 spiro atoms. The van der Waals surface area contributed by atoms with Crippen LogP contribution in [-0.4, -0.2) is 20.2 Å². The number of methoxy groups -OCH3 is 2. The second-order valence-corrected chi connectivity index (χ2v) is 4.52. The molecular weight excluding hydrogens is 313 g/mol. The van der Waals surface area contributed by atoms with E-state index in [0.29, 0.717) is 21.3 Å². The van der Waals surface area contributed by atoms with Crippen LogP contribution in [0, 0.1) is 11.8 Å². The lowest BCUT2D eigenvalue weighted by Gasteiger charge is -2.01. The first-order valence-corrected chi connectivity index (χ1v) is 6.50. The Morgan fingerprint density at radius 3 is 2.52 bits per heavy atom. The Balaban J connectivity index is 2.85. The van der Waals surface area contributed by atoms with E-state index >= 15 is 0 Å². The van der Waals surface area contributed by atoms with Gasteiger partial charge in [0.25, 0.3) is 0 Å². The van der Waals surface area contributed by atoms with Crippen molar-refractivity contribution in [1.29, 1.82) is 0 Å². The monoisotopic (exact) mass is 325 g/mol. The van der Waals surface area contributed by atoms with Crippen LogP contribution in [0.3, 0.4) is 0 Å². The second kappa shape index (κ2) is 8.25. The van der Waals surface area contributed by atoms with Gasteiger partial charge in [0.15, 0.2) is 0 Å². The van der Waals surface area contributed by atoms with E-state index in [0.717, 1.165) is 0 Å². The van der Waals surface area contributed by atoms with Crippen LogP contribution in [-0.2, 0) is 14.3 Å². The molecule has 0 aliphatic carbocycles. The van der Waals surface area contributed by atoms with Crippen LogP contribution >= 0.6 is 23.2 Å². The van der Waals surface area contributed by atoms with Crippen LogP contribution < -0.4 is 5.73 Å². The van der Waals surface area contributed by atoms with Crippen molar-refractivity contribution in [3.05, 3.63) is 51.7 Å². The number of carbonyl (C=O) groups is 1. The Bertz CT molecular complexity index is 655. The molecule has 1 rings (SSSR count). The highest BCUT2D eigenvalue weighted by Gasteiger charge is 2.06. The van der Waals surface area contributed by atoms with Crippen LogP contribution in [0.2, 0.25) is 10.0 Å². The zero-order valence-corrected chi connectivity index (χ0v) is 13.0. The summed E-state index contributed by atoms with van der Waals surface area (Å²) in [5.74, 6) is 5.09. The van der Waals surface area contributed by atoms with Gasteiger partial charge in [0.2, 0.25) is 5.76 Å². The molecule has 110 valence electrons. The Kier molecular flexibility index (Phi) is 6.67. The quantitative estimate of drug-likeness (QED) is 0.231. The van der Waals surface area contributed by atoms with Gasteiger partial charge in [-0.2, -0.15) is 0 Å². The predicted molar refractivity (Wildman–Crippen MR) is 84.0 cm³/mol. The van der Waals surface area contributed by atoms with Gasteiger partial charge in [-0.05, 0) is 30.4 Å². The number of carbonyl (C=O) groups excluding carboxylic acids is 1. The van der Waals surface area contributed by atoms with Crippen molar-refractivity contribution in [2.45, 2.75) is 0 Å². The average Bonchev–Trinajstić information content (AvgIpc) is 2.47. The van der Waals surface area contributed by atoms with E-state index in [9.17, 15) is 4.79 Å². The van der Waals surface area contributed by atoms with Crippen molar-refractivity contribution >= 4 is 34.9 Å². The fourth-order valence-corrected chi connectivity index (χ4v) is 1.63. The van der Waals surface area contributed by atoms with E-state index in [1.807, 2.05) is 0 Å². The third-order valence-corrected chi connectivity index (χ3v) is 3.06. The Morgan fingerprint density at radius 1 is 1.24 bits per heavy atom. The first kappa shape index (κ1) is 17.0. The van der Waals surface area contributed by atoms with Crippen molar-refractivity contribution in [3.8, 4) is 11.8 Å². The molecule has 2 N–H and O–H groups in total. The Morgan fingerprint density at radius 2 is 1.90 bits per heavy atom. The molecule has 0 radical (unpaired) electrons. The highest BCUT2D eigenvalue weighted by Crippen LogP contribution is 2.26. The number of benzene rings is 1. The molecule has 1 aromatic rings. The zero-order valence-electron chi connectivity index (χ0n) is 11.4. The molecule has 0 amide bonds. The lowest BCUT2D eigenvalue weighted by atomic mass is 10.2. The third-order valence-electron chi connectivity index (χ3n) is 2.33. The molecule has 0 aliphatic heterocycles. The van der Waals surface area contributed by atoms with E-state index in [4.69, 9.17) is 33.7 Å². The first-order valence-electron chi connectivity index (χ1n) is 5.74. The van der Waals surface area contributed by atoms with E-state index in [1.165, 1.54) is 32.4 Å². The summed E-state index contributed by atoms with van der Waals surface area (Å²) in [4.78, 5) is 11.2. The molecule has 4 nitrogen and oxygen atoms in total. The molecule has 0 aromatic heterocycles. The molecule has 21 heavy (non-hydrogen) atoms. The number of allylic oxidation sites excluding steroid dienone is 3. The summed E-state index contributed by atoms with van der Waals surface area (Å²) in [6.07, 6.45) is 4.53. The fraction of sp³-hybridized carbons (Fsp3) is 0.133. The average molecular weight is 326 g/mol. The minimum Gasteiger partial charge on any atom is -0.490 e. The highest BCUT2D eigenvalue weighted by molar-refractivity contribution is 6.42. The summed E-state index contributed by atoms with van der Waals surface area (Å²) in [6.45, 7) is 0. The highest BCUT2D eigenvalue weighted by atomic mass is 35.5. The predicted octanol–water partition coefficient (Wildman–Crippen LogP) is 3.19. The molecule has 0 bridgehead atoms. The van der Waals surface area contributed by atoms with E-state index < -0.39 is 5.97 Å². The molecule has 0 heterocycles. The summed E-state index contributed by atoms with van der Waals surface area (Å²) >= 11 is 11.7. The molecule has 0 atom stereocenters. The molecule has 1 aromatic carbocycles. The number of hydrogen-bond donors (Lipinski definition) is 1. The molecule has 0 saturated carbocycles. The Labute approximate surface area is 133 Å². The maximum atomic E-state index is 11.2. The number of ether oxygens (including phenoxy) is 2. The third kappa shape index (κ3) is 5.07. The lowest BCUT2D eigenvalue weighted by molar-refractivity contribution is -0.139. The van der Waals surface area contributed by atoms with Gasteiger partial charge >= 0.3 is 5.97 Å². The molecule has 0 aliphatic rings. The maximum absolute atomic E-state index is 11.2. The number of nitrogens with two attached hydrogens (primary N) is 1. The fourth-order valence-electron chi connectivity index (χ4n) is 1.29. The van der Waals surface area contributed by atoms with Crippen LogP contribution in [0.5, 0.6) is 0 Å². The van der Waals surface area contributed by atoms with Gasteiger partial charge in [-0.15, -0.1) is 0 Å². The van der Waals surface area contributed by atoms with Gasteiger partial charge in [0.1, 0.15) is 0 Å². The maximum Gasteiger partial charge on any atom is 0.373 e. The van der Waals surface area contributed by atoms with Crippen molar-refractivity contribution in [2.75, 3.05) is 20.0 Å². The van der Waals surface area contributed by atoms with Gasteiger partial charge in [-0.25, -0.2) is 4.79 Å². The largest absolute Gasteiger partial charge is 0.490 e. The zero-order chi connectivity index (χ0) is 15.8. The SMILES string of the molecule is COC(=O)/C(=C/C=C/C#Cc1cc(Cl)c(Cl)cc1N)OC. The van der Waals surface area contributed by atoms with Crippen LogP contribution in [0.25, 0.3) is 0 Å². The molecule has 6 heteroatoms. The molecule has 0 unspecified atom stereocenters. The van der Waals surface area contributed by atoms with Gasteiger partial charge < -0.3 is 15.2 Å². The van der Waals surface area contributed by atoms with Gasteiger partial charge in [0, 0.05) is 11.3 Å². The van der Waals surface area contributed by atoms with Gasteiger partial charge in [-0.3, -0.25) is 0 Å². The van der Waals surface area contributed by atoms with E-state index in [-0.39, 0.29) is 5.76 Å². The number of esters is 1. The number of nitrogen functional groups attached to an aromatic ring is 1. The summed E-state index contributed by atoms with van der Waals surface area (Å²) in [5.41, 5.74) is 6.78. The summed E-state index contributed by atoms with van der Waals surface area (Å²) in [6, 6.07) is 3.13. The van der Waals surface area contributed by atoms with Gasteiger partial charge in [-0.1, -0.05) is 35.0 Å². The van der Waals surface area contributed by atoms with Crippen LogP contribution in [0.15, 0.2) is 36.1 Å². The summed E-state index contributed by atoms with van der Waals surface area (Å²) in [5, 5.41) is 0.757. The molecular formula is C15H13Cl2NO3. The minimum atomic E-state index is -0.566. The van der Waals surface area contributed by atoms with Crippen molar-refractivity contribution in [2.24, 2.45) is 0 Å². The van der Waals surface area contributed by atoms with Crippen LogP contribution in [0.4, 0.5) is 5.69 Å². The van der Waals surface area contributed by atoms with E-state index in [1.54, 1.807) is 12.1 Å². The standard InChI is InChI=1S/C15H13Cl2NO3/c1-20-14(15(19)21-2)7-5-3-4-6-10-8-11(16)12(17)9-13(10)18/h3,5,7-9H,18H2,1-2H3/b5-3+,14-7-. The first-order chi connectivity index (χ1) is 9.99. The minimum absolute atomic E-state index is 0.0737. The van der Waals surface area contributed by atoms with E-state index in [2.05, 4.69) is 16.6 Å². The number of halogens is 2. The smallest absolute Gasteiger partial charge is 0.373 e. The molecule has 0 saturated heterocycles. The normalized spacial score (nSPS) is 11.0. The van der Waals surface area contributed by atoms with Crippen molar-refractivity contribution < 1.29 is 14.3 Å². The van der Waals surface area contributed by atoms with Crippen LogP contribution in [0.1, 0.15) is 5.56 Å². The number of hydrogen-bond acceptors (Lipinski definition) is 4. The number of anilines is 1.